The SMILES string of the molecule is CCC1C[C@H](C(=O)NC(CC)c2ncc[nH]2)[C@H](C(=O)O)C1. The van der Waals surface area contributed by atoms with Crippen LogP contribution in [-0.4, -0.2) is 27.0 Å². The lowest BCUT2D eigenvalue weighted by molar-refractivity contribution is -0.146. The largest absolute Gasteiger partial charge is 0.481 e. The van der Waals surface area contributed by atoms with E-state index in [1.54, 1.807) is 12.4 Å². The molecule has 4 atom stereocenters. The van der Waals surface area contributed by atoms with Crippen molar-refractivity contribution < 1.29 is 14.7 Å². The first-order chi connectivity index (χ1) is 10.1. The van der Waals surface area contributed by atoms with Gasteiger partial charge in [-0.2, -0.15) is 0 Å². The van der Waals surface area contributed by atoms with E-state index in [1.807, 2.05) is 13.8 Å². The van der Waals surface area contributed by atoms with Gasteiger partial charge >= 0.3 is 5.97 Å². The van der Waals surface area contributed by atoms with Gasteiger partial charge in [-0.15, -0.1) is 0 Å². The Kier molecular flexibility index (Phi) is 4.98. The molecule has 1 saturated carbocycles. The van der Waals surface area contributed by atoms with Crippen molar-refractivity contribution in [3.05, 3.63) is 18.2 Å². The molecule has 1 aliphatic rings. The molecule has 1 aromatic heterocycles. The van der Waals surface area contributed by atoms with Gasteiger partial charge in [0.05, 0.1) is 17.9 Å². The summed E-state index contributed by atoms with van der Waals surface area (Å²) in [6.07, 6.45) is 6.25. The van der Waals surface area contributed by atoms with E-state index in [-0.39, 0.29) is 11.9 Å². The van der Waals surface area contributed by atoms with Crippen molar-refractivity contribution >= 4 is 11.9 Å². The van der Waals surface area contributed by atoms with Gasteiger partial charge in [-0.05, 0) is 25.2 Å². The molecule has 0 aromatic carbocycles. The number of carboxylic acids is 1. The summed E-state index contributed by atoms with van der Waals surface area (Å²) in [4.78, 5) is 31.0. The van der Waals surface area contributed by atoms with Gasteiger partial charge in [-0.3, -0.25) is 9.59 Å². The van der Waals surface area contributed by atoms with Crippen LogP contribution in [0.1, 0.15) is 51.4 Å². The molecular weight excluding hydrogens is 270 g/mol. The van der Waals surface area contributed by atoms with Crippen LogP contribution >= 0.6 is 0 Å². The number of aromatic nitrogens is 2. The molecule has 0 radical (unpaired) electrons. The maximum absolute atomic E-state index is 12.5. The lowest BCUT2D eigenvalue weighted by Crippen LogP contribution is -2.37. The van der Waals surface area contributed by atoms with Crippen LogP contribution in [0, 0.1) is 17.8 Å². The molecule has 1 aliphatic carbocycles. The Hall–Kier alpha value is -1.85. The molecule has 1 heterocycles. The van der Waals surface area contributed by atoms with Crippen molar-refractivity contribution in [2.24, 2.45) is 17.8 Å². The molecule has 2 unspecified atom stereocenters. The Morgan fingerprint density at radius 2 is 2.14 bits per heavy atom. The third kappa shape index (κ3) is 3.43. The van der Waals surface area contributed by atoms with Gasteiger partial charge in [0, 0.05) is 12.4 Å². The standard InChI is InChI=1S/C15H23N3O3/c1-3-9-7-10(11(8-9)15(20)21)14(19)18-12(4-2)13-16-5-6-17-13/h5-6,9-12H,3-4,7-8H2,1-2H3,(H,16,17)(H,18,19)(H,20,21)/t9?,10-,11+,12?/m0/s1. The molecule has 0 aliphatic heterocycles. The van der Waals surface area contributed by atoms with Gasteiger partial charge in [0.25, 0.3) is 0 Å². The topological polar surface area (TPSA) is 95.1 Å². The number of nitrogens with zero attached hydrogens (tertiary/aromatic N) is 1. The molecule has 6 heteroatoms. The van der Waals surface area contributed by atoms with Crippen LogP contribution in [0.15, 0.2) is 12.4 Å². The van der Waals surface area contributed by atoms with Crippen molar-refractivity contribution in [3.63, 3.8) is 0 Å². The lowest BCUT2D eigenvalue weighted by atomic mass is 9.95. The second kappa shape index (κ2) is 6.74. The van der Waals surface area contributed by atoms with Crippen molar-refractivity contribution in [1.82, 2.24) is 15.3 Å². The van der Waals surface area contributed by atoms with E-state index >= 15 is 0 Å². The highest BCUT2D eigenvalue weighted by atomic mass is 16.4. The second-order valence-corrected chi connectivity index (χ2v) is 5.74. The van der Waals surface area contributed by atoms with E-state index in [0.717, 1.165) is 6.42 Å². The average Bonchev–Trinajstić information content (AvgIpc) is 3.13. The van der Waals surface area contributed by atoms with Gasteiger partial charge in [0.15, 0.2) is 0 Å². The minimum absolute atomic E-state index is 0.165. The third-order valence-electron chi connectivity index (χ3n) is 4.47. The Bertz CT molecular complexity index is 486. The summed E-state index contributed by atoms with van der Waals surface area (Å²) in [5.41, 5.74) is 0. The summed E-state index contributed by atoms with van der Waals surface area (Å²) in [5, 5.41) is 12.3. The molecule has 0 bridgehead atoms. The predicted octanol–water partition coefficient (Wildman–Crippen LogP) is 2.11. The van der Waals surface area contributed by atoms with Crippen LogP contribution in [0.5, 0.6) is 0 Å². The summed E-state index contributed by atoms with van der Waals surface area (Å²) in [6.45, 7) is 4.01. The van der Waals surface area contributed by atoms with E-state index in [0.29, 0.717) is 31.0 Å². The molecule has 0 spiro atoms. The predicted molar refractivity (Wildman–Crippen MR) is 77.4 cm³/mol. The van der Waals surface area contributed by atoms with E-state index < -0.39 is 17.8 Å². The van der Waals surface area contributed by atoms with E-state index in [2.05, 4.69) is 15.3 Å². The van der Waals surface area contributed by atoms with Crippen LogP contribution in [0.2, 0.25) is 0 Å². The maximum Gasteiger partial charge on any atom is 0.307 e. The maximum atomic E-state index is 12.5. The van der Waals surface area contributed by atoms with Crippen molar-refractivity contribution in [3.8, 4) is 0 Å². The van der Waals surface area contributed by atoms with Gasteiger partial charge in [-0.25, -0.2) is 4.98 Å². The molecule has 116 valence electrons. The number of nitrogens with one attached hydrogen (secondary N) is 2. The zero-order chi connectivity index (χ0) is 15.4. The summed E-state index contributed by atoms with van der Waals surface area (Å²) < 4.78 is 0. The summed E-state index contributed by atoms with van der Waals surface area (Å²) in [5.74, 6) is -0.993. The van der Waals surface area contributed by atoms with Crippen molar-refractivity contribution in [2.45, 2.75) is 45.6 Å². The van der Waals surface area contributed by atoms with E-state index in [4.69, 9.17) is 0 Å². The van der Waals surface area contributed by atoms with Crippen LogP contribution in [0.4, 0.5) is 0 Å². The van der Waals surface area contributed by atoms with Crippen LogP contribution in [0.25, 0.3) is 0 Å². The van der Waals surface area contributed by atoms with Crippen LogP contribution < -0.4 is 5.32 Å². The number of carbonyl (C=O) groups excluding carboxylic acids is 1. The minimum atomic E-state index is -0.864. The summed E-state index contributed by atoms with van der Waals surface area (Å²) in [6, 6.07) is -0.192. The fraction of sp³-hybridized carbons (Fsp3) is 0.667. The fourth-order valence-electron chi connectivity index (χ4n) is 3.15. The number of hydrogen-bond acceptors (Lipinski definition) is 3. The molecule has 1 amide bonds. The molecule has 1 fully saturated rings. The molecular formula is C15H23N3O3. The number of aliphatic carboxylic acids is 1. The number of imidazole rings is 1. The Balaban J connectivity index is 2.06. The number of carbonyl (C=O) groups is 2. The van der Waals surface area contributed by atoms with Crippen LogP contribution in [0.3, 0.4) is 0 Å². The van der Waals surface area contributed by atoms with Crippen LogP contribution in [-0.2, 0) is 9.59 Å². The molecule has 2 rings (SSSR count). The summed E-state index contributed by atoms with van der Waals surface area (Å²) in [7, 11) is 0. The number of rotatable bonds is 6. The third-order valence-corrected chi connectivity index (χ3v) is 4.47. The van der Waals surface area contributed by atoms with E-state index in [9.17, 15) is 14.7 Å². The van der Waals surface area contributed by atoms with Gasteiger partial charge in [-0.1, -0.05) is 20.3 Å². The average molecular weight is 293 g/mol. The number of aromatic amines is 1. The monoisotopic (exact) mass is 293 g/mol. The highest BCUT2D eigenvalue weighted by Gasteiger charge is 2.42. The minimum Gasteiger partial charge on any atom is -0.481 e. The summed E-state index contributed by atoms with van der Waals surface area (Å²) >= 11 is 0. The zero-order valence-electron chi connectivity index (χ0n) is 12.5. The van der Waals surface area contributed by atoms with Crippen molar-refractivity contribution in [1.29, 1.82) is 0 Å². The highest BCUT2D eigenvalue weighted by molar-refractivity contribution is 5.85. The smallest absolute Gasteiger partial charge is 0.307 e. The number of hydrogen-bond donors (Lipinski definition) is 3. The Morgan fingerprint density at radius 1 is 1.43 bits per heavy atom. The lowest BCUT2D eigenvalue weighted by Gasteiger charge is -2.20. The molecule has 0 saturated heterocycles. The van der Waals surface area contributed by atoms with Gasteiger partial charge in [0.1, 0.15) is 5.82 Å². The van der Waals surface area contributed by atoms with Gasteiger partial charge in [0.2, 0.25) is 5.91 Å². The number of carboxylic acid groups (broad SMARTS) is 1. The van der Waals surface area contributed by atoms with Gasteiger partial charge < -0.3 is 15.4 Å². The Morgan fingerprint density at radius 3 is 2.67 bits per heavy atom. The molecule has 1 aromatic rings. The first kappa shape index (κ1) is 15.5. The first-order valence-electron chi connectivity index (χ1n) is 7.59. The fourth-order valence-corrected chi connectivity index (χ4v) is 3.15. The Labute approximate surface area is 124 Å². The highest BCUT2D eigenvalue weighted by Crippen LogP contribution is 2.38. The normalized spacial score (nSPS) is 26.5. The zero-order valence-corrected chi connectivity index (χ0v) is 12.5. The quantitative estimate of drug-likeness (QED) is 0.748. The van der Waals surface area contributed by atoms with Crippen molar-refractivity contribution in [2.75, 3.05) is 0 Å². The number of H-pyrrole nitrogens is 1. The first-order valence-corrected chi connectivity index (χ1v) is 7.59. The molecule has 21 heavy (non-hydrogen) atoms. The second-order valence-electron chi connectivity index (χ2n) is 5.74. The van der Waals surface area contributed by atoms with E-state index in [1.165, 1.54) is 0 Å². The molecule has 3 N–H and O–H groups in total. The number of amides is 1. The molecule has 6 nitrogen and oxygen atoms in total.